The zero-order chi connectivity index (χ0) is 8.69. The Kier molecular flexibility index (Phi) is 6.52. The van der Waals surface area contributed by atoms with Gasteiger partial charge in [-0.3, -0.25) is 0 Å². The van der Waals surface area contributed by atoms with Crippen LogP contribution in [0.1, 0.15) is 40.0 Å². The maximum absolute atomic E-state index is 5.32. The van der Waals surface area contributed by atoms with Crippen molar-refractivity contribution in [2.75, 3.05) is 6.61 Å². The highest BCUT2D eigenvalue weighted by Crippen LogP contribution is 2.01. The van der Waals surface area contributed by atoms with E-state index in [0.717, 1.165) is 30.9 Å². The van der Waals surface area contributed by atoms with Gasteiger partial charge in [-0.1, -0.05) is 20.8 Å². The molecule has 0 saturated heterocycles. The second-order valence-corrected chi connectivity index (χ2v) is 3.61. The number of thiocarbonyl (C=S) groups is 1. The highest BCUT2D eigenvalue weighted by atomic mass is 32.1. The fourth-order valence-electron chi connectivity index (χ4n) is 0.685. The molecule has 0 amide bonds. The molecule has 0 unspecified atom stereocenters. The molecule has 0 atom stereocenters. The molecule has 0 spiro atoms. The summed E-state index contributed by atoms with van der Waals surface area (Å²) in [4.78, 5) is 0. The van der Waals surface area contributed by atoms with Crippen LogP contribution < -0.4 is 0 Å². The monoisotopic (exact) mass is 174 g/mol. The van der Waals surface area contributed by atoms with E-state index >= 15 is 0 Å². The fourth-order valence-corrected chi connectivity index (χ4v) is 0.972. The Bertz CT molecular complexity index is 110. The van der Waals surface area contributed by atoms with E-state index in [1.54, 1.807) is 0 Å². The Morgan fingerprint density at radius 2 is 2.09 bits per heavy atom. The Labute approximate surface area is 75.1 Å². The second-order valence-electron chi connectivity index (χ2n) is 3.15. The van der Waals surface area contributed by atoms with E-state index in [1.165, 1.54) is 0 Å². The quantitative estimate of drug-likeness (QED) is 0.592. The second kappa shape index (κ2) is 6.59. The van der Waals surface area contributed by atoms with Crippen molar-refractivity contribution in [2.24, 2.45) is 5.92 Å². The van der Waals surface area contributed by atoms with E-state index in [0.29, 0.717) is 5.92 Å². The molecule has 0 aromatic carbocycles. The van der Waals surface area contributed by atoms with Gasteiger partial charge in [0.05, 0.1) is 6.61 Å². The number of hydrogen-bond donors (Lipinski definition) is 0. The van der Waals surface area contributed by atoms with Gasteiger partial charge in [-0.15, -0.1) is 0 Å². The van der Waals surface area contributed by atoms with Gasteiger partial charge in [-0.05, 0) is 31.0 Å². The summed E-state index contributed by atoms with van der Waals surface area (Å²) in [6.07, 6.45) is 3.11. The van der Waals surface area contributed by atoms with Crippen LogP contribution in [-0.4, -0.2) is 11.7 Å². The zero-order valence-corrected chi connectivity index (χ0v) is 8.54. The van der Waals surface area contributed by atoms with Gasteiger partial charge in [-0.2, -0.15) is 0 Å². The first-order valence-electron chi connectivity index (χ1n) is 4.32. The molecular formula is C9H18OS. The summed E-state index contributed by atoms with van der Waals surface area (Å²) >= 11 is 4.98. The molecule has 0 aliphatic heterocycles. The van der Waals surface area contributed by atoms with E-state index in [2.05, 4.69) is 20.8 Å². The Hall–Kier alpha value is -0.110. The smallest absolute Gasteiger partial charge is 0.159 e. The van der Waals surface area contributed by atoms with Crippen LogP contribution in [0, 0.1) is 5.92 Å². The van der Waals surface area contributed by atoms with Crippen molar-refractivity contribution in [1.29, 1.82) is 0 Å². The molecule has 11 heavy (non-hydrogen) atoms. The van der Waals surface area contributed by atoms with E-state index in [4.69, 9.17) is 17.0 Å². The summed E-state index contributed by atoms with van der Waals surface area (Å²) in [5.74, 6) is 0.708. The van der Waals surface area contributed by atoms with E-state index in [-0.39, 0.29) is 0 Å². The molecule has 0 heterocycles. The lowest BCUT2D eigenvalue weighted by molar-refractivity contribution is 0.277. The molecule has 1 nitrogen and oxygen atoms in total. The summed E-state index contributed by atoms with van der Waals surface area (Å²) < 4.78 is 5.32. The van der Waals surface area contributed by atoms with Crippen molar-refractivity contribution >= 4 is 17.3 Å². The summed E-state index contributed by atoms with van der Waals surface area (Å²) in [7, 11) is 0. The molecule has 0 aromatic rings. The molecule has 0 aliphatic rings. The van der Waals surface area contributed by atoms with Gasteiger partial charge in [0.1, 0.15) is 0 Å². The van der Waals surface area contributed by atoms with E-state index in [1.807, 2.05) is 0 Å². The van der Waals surface area contributed by atoms with Crippen molar-refractivity contribution < 1.29 is 4.74 Å². The number of hydrogen-bond acceptors (Lipinski definition) is 2. The third kappa shape index (κ3) is 7.79. The number of ether oxygens (including phenoxy) is 1. The third-order valence-corrected chi connectivity index (χ3v) is 1.73. The van der Waals surface area contributed by atoms with Crippen LogP contribution in [0.2, 0.25) is 0 Å². The normalized spacial score (nSPS) is 10.2. The van der Waals surface area contributed by atoms with Gasteiger partial charge < -0.3 is 4.74 Å². The minimum Gasteiger partial charge on any atom is -0.487 e. The standard InChI is InChI=1S/C9H18OS/c1-4-5-9(11)10-7-6-8(2)3/h8H,4-7H2,1-3H3. The predicted octanol–water partition coefficient (Wildman–Crippen LogP) is 3.18. The van der Waals surface area contributed by atoms with Crippen molar-refractivity contribution in [3.63, 3.8) is 0 Å². The Morgan fingerprint density at radius 3 is 2.55 bits per heavy atom. The molecule has 0 fully saturated rings. The van der Waals surface area contributed by atoms with Gasteiger partial charge >= 0.3 is 0 Å². The van der Waals surface area contributed by atoms with Crippen molar-refractivity contribution in [1.82, 2.24) is 0 Å². The molecule has 0 N–H and O–H groups in total. The first kappa shape index (κ1) is 10.9. The molecule has 0 aromatic heterocycles. The molecule has 66 valence electrons. The van der Waals surface area contributed by atoms with Gasteiger partial charge in [-0.25, -0.2) is 0 Å². The first-order chi connectivity index (χ1) is 5.16. The maximum Gasteiger partial charge on any atom is 0.159 e. The molecule has 0 rings (SSSR count). The summed E-state index contributed by atoms with van der Waals surface area (Å²) in [5, 5.41) is 0.771. The summed E-state index contributed by atoms with van der Waals surface area (Å²) in [5.41, 5.74) is 0. The Morgan fingerprint density at radius 1 is 1.45 bits per heavy atom. The molecule has 2 heteroatoms. The molecule has 0 radical (unpaired) electrons. The topological polar surface area (TPSA) is 9.23 Å². The molecule has 0 bridgehead atoms. The highest BCUT2D eigenvalue weighted by Gasteiger charge is 1.97. The molecule has 0 aliphatic carbocycles. The van der Waals surface area contributed by atoms with Crippen LogP contribution in [0.15, 0.2) is 0 Å². The van der Waals surface area contributed by atoms with Crippen LogP contribution in [-0.2, 0) is 4.74 Å². The SMILES string of the molecule is CCCC(=S)OCCC(C)C. The average molecular weight is 174 g/mol. The van der Waals surface area contributed by atoms with Crippen molar-refractivity contribution in [3.8, 4) is 0 Å². The van der Waals surface area contributed by atoms with Gasteiger partial charge in [0, 0.05) is 6.42 Å². The lowest BCUT2D eigenvalue weighted by atomic mass is 10.1. The van der Waals surface area contributed by atoms with Crippen molar-refractivity contribution in [2.45, 2.75) is 40.0 Å². The lowest BCUT2D eigenvalue weighted by Crippen LogP contribution is -2.04. The zero-order valence-electron chi connectivity index (χ0n) is 7.72. The van der Waals surface area contributed by atoms with Crippen molar-refractivity contribution in [3.05, 3.63) is 0 Å². The first-order valence-corrected chi connectivity index (χ1v) is 4.73. The van der Waals surface area contributed by atoms with E-state index in [9.17, 15) is 0 Å². The molecular weight excluding hydrogens is 156 g/mol. The maximum atomic E-state index is 5.32. The van der Waals surface area contributed by atoms with Crippen LogP contribution in [0.25, 0.3) is 0 Å². The van der Waals surface area contributed by atoms with Gasteiger partial charge in [0.15, 0.2) is 5.05 Å². The van der Waals surface area contributed by atoms with Crippen LogP contribution in [0.3, 0.4) is 0 Å². The highest BCUT2D eigenvalue weighted by molar-refractivity contribution is 7.80. The number of rotatable bonds is 5. The fraction of sp³-hybridized carbons (Fsp3) is 0.889. The summed E-state index contributed by atoms with van der Waals surface area (Å²) in [6, 6.07) is 0. The van der Waals surface area contributed by atoms with Crippen LogP contribution in [0.5, 0.6) is 0 Å². The van der Waals surface area contributed by atoms with E-state index < -0.39 is 0 Å². The summed E-state index contributed by atoms with van der Waals surface area (Å²) in [6.45, 7) is 7.27. The predicted molar refractivity (Wildman–Crippen MR) is 52.9 cm³/mol. The van der Waals surface area contributed by atoms with Gasteiger partial charge in [0.2, 0.25) is 0 Å². The Balaban J connectivity index is 3.17. The van der Waals surface area contributed by atoms with Crippen LogP contribution >= 0.6 is 12.2 Å². The third-order valence-electron chi connectivity index (χ3n) is 1.41. The van der Waals surface area contributed by atoms with Crippen LogP contribution in [0.4, 0.5) is 0 Å². The molecule has 0 saturated carbocycles. The largest absolute Gasteiger partial charge is 0.487 e. The average Bonchev–Trinajstić information content (AvgIpc) is 1.87. The van der Waals surface area contributed by atoms with Gasteiger partial charge in [0.25, 0.3) is 0 Å². The minimum absolute atomic E-state index is 0.708. The lowest BCUT2D eigenvalue weighted by Gasteiger charge is -2.07. The minimum atomic E-state index is 0.708.